The second-order valence-electron chi connectivity index (χ2n) is 8.11. The third-order valence-corrected chi connectivity index (χ3v) is 10.8. The van der Waals surface area contributed by atoms with Gasteiger partial charge in [0.1, 0.15) is 6.54 Å². The van der Waals surface area contributed by atoms with E-state index in [1.165, 1.54) is 6.07 Å². The van der Waals surface area contributed by atoms with Crippen LogP contribution in [0.5, 0.6) is 0 Å². The summed E-state index contributed by atoms with van der Waals surface area (Å²) < 4.78 is 67.0. The quantitative estimate of drug-likeness (QED) is 0.152. The van der Waals surface area contributed by atoms with Gasteiger partial charge in [0, 0.05) is 6.54 Å². The van der Waals surface area contributed by atoms with E-state index in [-0.39, 0.29) is 22.3 Å². The lowest BCUT2D eigenvalue weighted by Gasteiger charge is -2.37. The minimum Gasteiger partial charge on any atom is -0.544 e. The van der Waals surface area contributed by atoms with Crippen LogP contribution >= 0.6 is 0 Å². The third kappa shape index (κ3) is 7.60. The molecule has 0 aliphatic heterocycles. The van der Waals surface area contributed by atoms with E-state index in [1.807, 2.05) is 13.0 Å². The Hall–Kier alpha value is -1.31. The van der Waals surface area contributed by atoms with Gasteiger partial charge in [-0.1, -0.05) is 33.4 Å². The zero-order valence-corrected chi connectivity index (χ0v) is 19.3. The number of rotatable bonds is 10. The van der Waals surface area contributed by atoms with E-state index in [0.717, 1.165) is 5.57 Å². The van der Waals surface area contributed by atoms with E-state index in [4.69, 9.17) is 9.69 Å². The molecule has 0 spiro atoms. The maximum atomic E-state index is 12.6. The Balaban J connectivity index is 4.72. The van der Waals surface area contributed by atoms with Gasteiger partial charge in [0.05, 0.1) is 11.8 Å². The van der Waals surface area contributed by atoms with Crippen molar-refractivity contribution in [3.63, 3.8) is 0 Å². The molecule has 0 aromatic heterocycles. The van der Waals surface area contributed by atoms with E-state index in [2.05, 4.69) is 40.4 Å². The first-order chi connectivity index (χ1) is 12.5. The van der Waals surface area contributed by atoms with E-state index < -0.39 is 30.4 Å². The van der Waals surface area contributed by atoms with Crippen LogP contribution in [0, 0.1) is 11.3 Å². The molecule has 0 bridgehead atoms. The summed E-state index contributed by atoms with van der Waals surface area (Å²) in [6.07, 6.45) is 3.09. The number of unbranched alkanes of at least 4 members (excludes halogenated alkanes) is 2. The van der Waals surface area contributed by atoms with Gasteiger partial charge in [-0.05, 0) is 49.9 Å². The van der Waals surface area contributed by atoms with Crippen LogP contribution in [0.2, 0.25) is 18.1 Å². The topological polar surface area (TPSA) is 70.4 Å². The summed E-state index contributed by atoms with van der Waals surface area (Å²) in [7, 11) is -7.49. The zero-order chi connectivity index (χ0) is 22.4. The Labute approximate surface area is 168 Å². The summed E-state index contributed by atoms with van der Waals surface area (Å²) in [6, 6.07) is 1.46. The first kappa shape index (κ1) is 26.7. The summed E-state index contributed by atoms with van der Waals surface area (Å²) >= 11 is 0. The fraction of sp³-hybridized carbons (Fsp3) is 0.722. The standard InChI is InChI=1S/C18H31F3N2O3SSi/c1-15(16(2)26-28(6,7)17(3,4)5)11-9-8-10-13-23(14-12-22)27(24,25)18(19,20)21/h11H,2,8-10,13-14H2,1,3-7H3/b15-11+. The number of hydrogen-bond donors (Lipinski definition) is 0. The monoisotopic (exact) mass is 440 g/mol. The first-order valence-electron chi connectivity index (χ1n) is 8.96. The van der Waals surface area contributed by atoms with Gasteiger partial charge in [0.25, 0.3) is 0 Å². The van der Waals surface area contributed by atoms with Crippen molar-refractivity contribution >= 4 is 18.3 Å². The molecule has 0 rings (SSSR count). The highest BCUT2D eigenvalue weighted by Crippen LogP contribution is 2.38. The highest BCUT2D eigenvalue weighted by Gasteiger charge is 2.49. The second kappa shape index (κ2) is 9.94. The molecule has 0 saturated carbocycles. The average Bonchev–Trinajstić information content (AvgIpc) is 2.50. The van der Waals surface area contributed by atoms with Crippen molar-refractivity contribution in [3.8, 4) is 6.07 Å². The predicted octanol–water partition coefficient (Wildman–Crippen LogP) is 5.31. The highest BCUT2D eigenvalue weighted by molar-refractivity contribution is 7.90. The van der Waals surface area contributed by atoms with Crippen LogP contribution in [-0.2, 0) is 14.4 Å². The number of alkyl halides is 3. The van der Waals surface area contributed by atoms with Crippen molar-refractivity contribution in [3.05, 3.63) is 24.0 Å². The largest absolute Gasteiger partial charge is 0.544 e. The molecule has 0 atom stereocenters. The molecule has 162 valence electrons. The number of hydrogen-bond acceptors (Lipinski definition) is 4. The molecule has 0 aliphatic rings. The van der Waals surface area contributed by atoms with Gasteiger partial charge in [-0.25, -0.2) is 8.42 Å². The molecule has 0 N–H and O–H groups in total. The minimum atomic E-state index is -5.49. The molecule has 0 unspecified atom stereocenters. The van der Waals surface area contributed by atoms with Gasteiger partial charge in [-0.2, -0.15) is 22.7 Å². The van der Waals surface area contributed by atoms with Gasteiger partial charge in [-0.15, -0.1) is 0 Å². The van der Waals surface area contributed by atoms with Crippen molar-refractivity contribution in [2.75, 3.05) is 13.1 Å². The number of nitriles is 1. The minimum absolute atomic E-state index is 0.0321. The van der Waals surface area contributed by atoms with E-state index in [1.54, 1.807) is 0 Å². The van der Waals surface area contributed by atoms with Gasteiger partial charge >= 0.3 is 15.5 Å². The molecule has 5 nitrogen and oxygen atoms in total. The SMILES string of the molecule is C=C(O[Si](C)(C)C(C)(C)C)/C(C)=C/CCCCN(CC#N)S(=O)(=O)C(F)(F)F. The lowest BCUT2D eigenvalue weighted by Crippen LogP contribution is -2.41. The normalized spacial score (nSPS) is 14.1. The van der Waals surface area contributed by atoms with Crippen LogP contribution in [0.25, 0.3) is 0 Å². The van der Waals surface area contributed by atoms with Crippen molar-refractivity contribution in [2.24, 2.45) is 0 Å². The van der Waals surface area contributed by atoms with Crippen LogP contribution in [0.3, 0.4) is 0 Å². The number of sulfonamides is 1. The molecule has 0 heterocycles. The Morgan fingerprint density at radius 1 is 1.25 bits per heavy atom. The third-order valence-electron chi connectivity index (χ3n) is 4.82. The number of halogens is 3. The van der Waals surface area contributed by atoms with Crippen LogP contribution in [0.15, 0.2) is 24.0 Å². The summed E-state index contributed by atoms with van der Waals surface area (Å²) in [5.74, 6) is 0.581. The van der Waals surface area contributed by atoms with Crippen LogP contribution < -0.4 is 0 Å². The van der Waals surface area contributed by atoms with E-state index >= 15 is 0 Å². The van der Waals surface area contributed by atoms with Crippen molar-refractivity contribution in [1.29, 1.82) is 5.26 Å². The Bertz CT molecular complexity index is 718. The maximum Gasteiger partial charge on any atom is 0.511 e. The molecule has 0 amide bonds. The van der Waals surface area contributed by atoms with Crippen molar-refractivity contribution in [1.82, 2.24) is 4.31 Å². The fourth-order valence-corrected chi connectivity index (χ4v) is 3.89. The molecule has 0 aromatic rings. The molecular formula is C18H31F3N2O3SSi. The molecule has 0 radical (unpaired) electrons. The molecular weight excluding hydrogens is 409 g/mol. The average molecular weight is 441 g/mol. The van der Waals surface area contributed by atoms with E-state index in [0.29, 0.717) is 18.6 Å². The Morgan fingerprint density at radius 2 is 1.79 bits per heavy atom. The summed E-state index contributed by atoms with van der Waals surface area (Å²) in [6.45, 7) is 15.2. The molecule has 10 heteroatoms. The summed E-state index contributed by atoms with van der Waals surface area (Å²) in [5, 5.41) is 8.63. The lowest BCUT2D eigenvalue weighted by atomic mass is 10.1. The van der Waals surface area contributed by atoms with Crippen molar-refractivity contribution < 1.29 is 26.0 Å². The predicted molar refractivity (Wildman–Crippen MR) is 107 cm³/mol. The first-order valence-corrected chi connectivity index (χ1v) is 13.3. The van der Waals surface area contributed by atoms with Gasteiger partial charge in [-0.3, -0.25) is 0 Å². The second-order valence-corrected chi connectivity index (χ2v) is 14.8. The van der Waals surface area contributed by atoms with Crippen molar-refractivity contribution in [2.45, 2.75) is 70.6 Å². The smallest absolute Gasteiger partial charge is 0.511 e. The summed E-state index contributed by atoms with van der Waals surface area (Å²) in [5.41, 5.74) is -4.55. The Kier molecular flexibility index (Phi) is 9.47. The van der Waals surface area contributed by atoms with E-state index in [9.17, 15) is 21.6 Å². The lowest BCUT2D eigenvalue weighted by molar-refractivity contribution is -0.0486. The highest BCUT2D eigenvalue weighted by atomic mass is 32.2. The maximum absolute atomic E-state index is 12.6. The summed E-state index contributed by atoms with van der Waals surface area (Å²) in [4.78, 5) is 0. The fourth-order valence-electron chi connectivity index (χ4n) is 1.92. The van der Waals surface area contributed by atoms with Crippen LogP contribution in [0.4, 0.5) is 13.2 Å². The molecule has 0 aromatic carbocycles. The molecule has 0 fully saturated rings. The molecule has 28 heavy (non-hydrogen) atoms. The Morgan fingerprint density at radius 3 is 2.21 bits per heavy atom. The molecule has 0 saturated heterocycles. The van der Waals surface area contributed by atoms with Gasteiger partial charge in [0.15, 0.2) is 0 Å². The van der Waals surface area contributed by atoms with Gasteiger partial charge < -0.3 is 4.43 Å². The van der Waals surface area contributed by atoms with Crippen LogP contribution in [-0.4, -0.2) is 39.6 Å². The molecule has 0 aliphatic carbocycles. The zero-order valence-electron chi connectivity index (χ0n) is 17.5. The van der Waals surface area contributed by atoms with Crippen LogP contribution in [0.1, 0.15) is 47.0 Å². The number of nitrogens with zero attached hydrogens (tertiary/aromatic N) is 2. The number of allylic oxidation sites excluding steroid dienone is 2. The van der Waals surface area contributed by atoms with Gasteiger partial charge in [0.2, 0.25) is 8.32 Å².